The first-order valence-corrected chi connectivity index (χ1v) is 4.00. The fraction of sp³-hybridized carbons (Fsp3) is 0. The molecule has 0 heterocycles. The predicted molar refractivity (Wildman–Crippen MR) is 20.9 cm³/mol. The summed E-state index contributed by atoms with van der Waals surface area (Å²) in [5.74, 6) is 0. The van der Waals surface area contributed by atoms with Gasteiger partial charge in [-0.1, -0.05) is 0 Å². The summed E-state index contributed by atoms with van der Waals surface area (Å²) in [5.41, 5.74) is 0. The van der Waals surface area contributed by atoms with E-state index in [4.69, 9.17) is 35.0 Å². The second-order valence-corrected chi connectivity index (χ2v) is 2.45. The Morgan fingerprint density at radius 2 is 0.636 bits per heavy atom. The minimum absolute atomic E-state index is 0. The second-order valence-electron chi connectivity index (χ2n) is 0.816. The smallest absolute Gasteiger partial charge is 0.759 e. The minimum atomic E-state index is -5.17. The van der Waals surface area contributed by atoms with Crippen LogP contribution in [-0.4, -0.2) is 35.0 Å². The van der Waals surface area contributed by atoms with E-state index < -0.39 is 20.8 Å². The molecule has 11 heavy (non-hydrogen) atoms. The van der Waals surface area contributed by atoms with Crippen molar-refractivity contribution >= 4 is 20.8 Å². The molecule has 0 radical (unpaired) electrons. The van der Waals surface area contributed by atoms with Crippen LogP contribution in [-0.2, 0) is 41.2 Å². The molecular weight excluding hydrogens is 299 g/mol. The van der Waals surface area contributed by atoms with E-state index in [1.165, 1.54) is 0 Å². The molecule has 0 amide bonds. The van der Waals surface area contributed by atoms with Gasteiger partial charge in [-0.05, 0) is 0 Å². The van der Waals surface area contributed by atoms with Crippen molar-refractivity contribution in [2.24, 2.45) is 0 Å². The molecule has 0 atom stereocenters. The summed E-state index contributed by atoms with van der Waals surface area (Å²) in [6, 6.07) is 0. The monoisotopic (exact) mass is 298 g/mol. The fourth-order valence-corrected chi connectivity index (χ4v) is 0. The SMILES string of the molecule is O=S(=O)([O-])[O-].O=S(=O)([O-])[O-].[Pd+4]. The topological polar surface area (TPSA) is 161 Å². The molecule has 0 aromatic carbocycles. The maximum atomic E-state index is 8.52. The first-order valence-electron chi connectivity index (χ1n) is 1.33. The van der Waals surface area contributed by atoms with Crippen LogP contribution in [0.1, 0.15) is 0 Å². The molecule has 0 aromatic heterocycles. The van der Waals surface area contributed by atoms with Gasteiger partial charge in [0.25, 0.3) is 0 Å². The molecule has 0 aliphatic carbocycles. The number of hydrogen-bond donors (Lipinski definition) is 0. The summed E-state index contributed by atoms with van der Waals surface area (Å²) in [6.07, 6.45) is 0. The van der Waals surface area contributed by atoms with Crippen molar-refractivity contribution in [3.63, 3.8) is 0 Å². The Morgan fingerprint density at radius 3 is 0.636 bits per heavy atom. The third-order valence-corrected chi connectivity index (χ3v) is 0. The van der Waals surface area contributed by atoms with E-state index in [0.29, 0.717) is 0 Å². The Kier molecular flexibility index (Phi) is 9.50. The summed E-state index contributed by atoms with van der Waals surface area (Å²) < 4.78 is 68.2. The molecule has 0 aliphatic rings. The minimum Gasteiger partial charge on any atom is -0.759 e. The van der Waals surface area contributed by atoms with E-state index in [1.807, 2.05) is 0 Å². The number of hydrogen-bond acceptors (Lipinski definition) is 8. The van der Waals surface area contributed by atoms with Gasteiger partial charge >= 0.3 is 20.4 Å². The maximum Gasteiger partial charge on any atom is 4.00 e. The van der Waals surface area contributed by atoms with Gasteiger partial charge in [-0.15, -0.1) is 0 Å². The van der Waals surface area contributed by atoms with Crippen molar-refractivity contribution in [3.05, 3.63) is 0 Å². The average Bonchev–Trinajstić information content (AvgIpc) is 1.12. The van der Waals surface area contributed by atoms with Crippen molar-refractivity contribution in [1.82, 2.24) is 0 Å². The van der Waals surface area contributed by atoms with Crippen molar-refractivity contribution in [1.29, 1.82) is 0 Å². The van der Waals surface area contributed by atoms with Crippen LogP contribution in [0.25, 0.3) is 0 Å². The Hall–Kier alpha value is 0.402. The van der Waals surface area contributed by atoms with Gasteiger partial charge in [0, 0.05) is 20.8 Å². The van der Waals surface area contributed by atoms with Crippen LogP contribution in [0, 0.1) is 0 Å². The third-order valence-electron chi connectivity index (χ3n) is 0. The maximum absolute atomic E-state index is 8.52. The van der Waals surface area contributed by atoms with E-state index in [1.54, 1.807) is 0 Å². The molecule has 0 spiro atoms. The summed E-state index contributed by atoms with van der Waals surface area (Å²) in [4.78, 5) is 0. The summed E-state index contributed by atoms with van der Waals surface area (Å²) in [5, 5.41) is 0. The third kappa shape index (κ3) is 4540. The van der Waals surface area contributed by atoms with Gasteiger partial charge < -0.3 is 18.2 Å². The zero-order valence-electron chi connectivity index (χ0n) is 4.40. The van der Waals surface area contributed by atoms with Crippen LogP contribution in [0.3, 0.4) is 0 Å². The van der Waals surface area contributed by atoms with Crippen LogP contribution < -0.4 is 0 Å². The molecule has 0 saturated heterocycles. The predicted octanol–water partition coefficient (Wildman–Crippen LogP) is -2.68. The summed E-state index contributed by atoms with van der Waals surface area (Å²) in [7, 11) is -10.3. The zero-order chi connectivity index (χ0) is 9.00. The molecule has 11 heteroatoms. The van der Waals surface area contributed by atoms with Gasteiger partial charge in [0.2, 0.25) is 0 Å². The second kappa shape index (κ2) is 5.98. The van der Waals surface area contributed by atoms with Gasteiger partial charge in [-0.25, -0.2) is 0 Å². The van der Waals surface area contributed by atoms with Crippen LogP contribution in [0.5, 0.6) is 0 Å². The van der Waals surface area contributed by atoms with Crippen molar-refractivity contribution in [2.75, 3.05) is 0 Å². The molecule has 0 unspecified atom stereocenters. The molecular formula is O8PdS2. The first kappa shape index (κ1) is 17.5. The Morgan fingerprint density at radius 1 is 0.636 bits per heavy atom. The molecule has 0 fully saturated rings. The quantitative estimate of drug-likeness (QED) is 0.265. The van der Waals surface area contributed by atoms with Crippen LogP contribution in [0.4, 0.5) is 0 Å². The number of rotatable bonds is 0. The molecule has 0 N–H and O–H groups in total. The zero-order valence-corrected chi connectivity index (χ0v) is 7.59. The van der Waals surface area contributed by atoms with Crippen LogP contribution >= 0.6 is 0 Å². The van der Waals surface area contributed by atoms with E-state index >= 15 is 0 Å². The summed E-state index contributed by atoms with van der Waals surface area (Å²) >= 11 is 0. The van der Waals surface area contributed by atoms with Crippen molar-refractivity contribution < 1.29 is 55.5 Å². The van der Waals surface area contributed by atoms with E-state index in [9.17, 15) is 0 Å². The van der Waals surface area contributed by atoms with Crippen molar-refractivity contribution in [3.8, 4) is 0 Å². The molecule has 0 aliphatic heterocycles. The summed E-state index contributed by atoms with van der Waals surface area (Å²) in [6.45, 7) is 0. The average molecular weight is 299 g/mol. The van der Waals surface area contributed by atoms with Gasteiger partial charge in [0.1, 0.15) is 0 Å². The molecule has 8 nitrogen and oxygen atoms in total. The first-order chi connectivity index (χ1) is 4.00. The van der Waals surface area contributed by atoms with Gasteiger partial charge in [-0.2, -0.15) is 0 Å². The van der Waals surface area contributed by atoms with E-state index in [-0.39, 0.29) is 20.4 Å². The van der Waals surface area contributed by atoms with E-state index in [0.717, 1.165) is 0 Å². The van der Waals surface area contributed by atoms with E-state index in [2.05, 4.69) is 0 Å². The van der Waals surface area contributed by atoms with Gasteiger partial charge in [0.05, 0.1) is 0 Å². The largest absolute Gasteiger partial charge is 4.00 e. The van der Waals surface area contributed by atoms with Gasteiger partial charge in [-0.3, -0.25) is 16.8 Å². The fourth-order valence-electron chi connectivity index (χ4n) is 0. The molecule has 0 aromatic rings. The Labute approximate surface area is 76.4 Å². The normalized spacial score (nSPS) is 10.5. The molecule has 0 rings (SSSR count). The Bertz CT molecular complexity index is 208. The molecule has 70 valence electrons. The van der Waals surface area contributed by atoms with Crippen molar-refractivity contribution in [2.45, 2.75) is 0 Å². The Balaban J connectivity index is -0.000000107. The van der Waals surface area contributed by atoms with Crippen LogP contribution in [0.15, 0.2) is 0 Å². The molecule has 0 bridgehead atoms. The standard InChI is InChI=1S/2H2O4S.Pd/c2*1-5(2,3)4;/h2*(H2,1,2,3,4);/q;;+4/p-4. The van der Waals surface area contributed by atoms with Crippen LogP contribution in [0.2, 0.25) is 0 Å². The van der Waals surface area contributed by atoms with Gasteiger partial charge in [0.15, 0.2) is 0 Å². The molecule has 0 saturated carbocycles.